The fourth-order valence-corrected chi connectivity index (χ4v) is 4.51. The highest BCUT2D eigenvalue weighted by atomic mass is 32.2. The Kier molecular flexibility index (Phi) is 5.75. The van der Waals surface area contributed by atoms with Crippen LogP contribution in [0.5, 0.6) is 0 Å². The number of aromatic amines is 1. The number of nitro groups is 1. The van der Waals surface area contributed by atoms with Crippen LogP contribution in [-0.2, 0) is 4.79 Å². The third-order valence-corrected chi connectivity index (χ3v) is 6.20. The minimum Gasteiger partial charge on any atom is -0.349 e. The number of amides is 1. The minimum atomic E-state index is -0.616. The second-order valence-corrected chi connectivity index (χ2v) is 8.47. The van der Waals surface area contributed by atoms with Crippen molar-refractivity contribution in [3.63, 3.8) is 0 Å². The zero-order chi connectivity index (χ0) is 24.5. The number of non-ortho nitro benzene ring substituents is 1. The third-order valence-electron chi connectivity index (χ3n) is 5.26. The number of thioether (sulfide) groups is 1. The van der Waals surface area contributed by atoms with E-state index in [2.05, 4.69) is 15.3 Å². The largest absolute Gasteiger partial charge is 0.349 e. The molecule has 3 aromatic carbocycles. The van der Waals surface area contributed by atoms with E-state index in [1.165, 1.54) is 42.5 Å². The molecule has 11 heteroatoms. The molecule has 1 amide bonds. The number of aromatic nitrogens is 3. The van der Waals surface area contributed by atoms with Gasteiger partial charge in [-0.2, -0.15) is 0 Å². The second-order valence-electron chi connectivity index (χ2n) is 7.52. The summed E-state index contributed by atoms with van der Waals surface area (Å²) >= 11 is 0.955. The number of nitrogens with zero attached hydrogens (tertiary/aromatic N) is 3. The van der Waals surface area contributed by atoms with Gasteiger partial charge in [-0.1, -0.05) is 48.2 Å². The molecule has 5 rings (SSSR count). The number of halogens is 1. The van der Waals surface area contributed by atoms with Crippen LogP contribution in [0.3, 0.4) is 0 Å². The predicted octanol–water partition coefficient (Wildman–Crippen LogP) is 4.65. The van der Waals surface area contributed by atoms with Crippen molar-refractivity contribution in [3.8, 4) is 5.69 Å². The first-order chi connectivity index (χ1) is 16.9. The van der Waals surface area contributed by atoms with E-state index in [9.17, 15) is 24.1 Å². The number of fused-ring (bicyclic) bond motifs is 3. The van der Waals surface area contributed by atoms with Gasteiger partial charge in [-0.3, -0.25) is 24.3 Å². The van der Waals surface area contributed by atoms with Gasteiger partial charge in [0.05, 0.1) is 16.4 Å². The quantitative estimate of drug-likeness (QED) is 0.155. The summed E-state index contributed by atoms with van der Waals surface area (Å²) in [6.07, 6.45) is 0. The van der Waals surface area contributed by atoms with Crippen molar-refractivity contribution in [1.29, 1.82) is 0 Å². The molecule has 0 unspecified atom stereocenters. The molecule has 0 bridgehead atoms. The van der Waals surface area contributed by atoms with Crippen LogP contribution < -0.4 is 10.9 Å². The first-order valence-corrected chi connectivity index (χ1v) is 11.4. The molecule has 174 valence electrons. The normalized spacial score (nSPS) is 11.1. The molecule has 0 spiro atoms. The molecule has 2 heterocycles. The summed E-state index contributed by atoms with van der Waals surface area (Å²) in [7, 11) is 0. The average Bonchev–Trinajstić information content (AvgIpc) is 3.23. The summed E-state index contributed by atoms with van der Waals surface area (Å²) < 4.78 is 15.8. The van der Waals surface area contributed by atoms with Crippen molar-refractivity contribution in [1.82, 2.24) is 14.5 Å². The SMILES string of the molecule is O=C(CSc1nc2c([nH]c3ccccc32)c(=O)n1-c1ccccc1F)Nc1cccc([N+](=O)[O-])c1. The standard InChI is InChI=1S/C24H16FN5O4S/c25-17-9-2-4-11-19(17)29-23(32)22-21(16-8-1-3-10-18(16)27-22)28-24(29)35-13-20(31)26-14-6-5-7-15(12-14)30(33)34/h1-12,27H,13H2,(H,26,31). The van der Waals surface area contributed by atoms with Crippen LogP contribution in [0.2, 0.25) is 0 Å². The highest BCUT2D eigenvalue weighted by Gasteiger charge is 2.20. The van der Waals surface area contributed by atoms with Gasteiger partial charge < -0.3 is 10.3 Å². The number of H-pyrrole nitrogens is 1. The van der Waals surface area contributed by atoms with Crippen molar-refractivity contribution >= 4 is 51.0 Å². The Morgan fingerprint density at radius 2 is 1.89 bits per heavy atom. The van der Waals surface area contributed by atoms with Gasteiger partial charge in [0, 0.05) is 28.7 Å². The second kappa shape index (κ2) is 9.03. The Bertz CT molecular complexity index is 1680. The Balaban J connectivity index is 1.54. The number of carbonyl (C=O) groups is 1. The summed E-state index contributed by atoms with van der Waals surface area (Å²) in [5.41, 5.74) is 0.953. The molecule has 0 saturated carbocycles. The fraction of sp³-hybridized carbons (Fsp3) is 0.0417. The van der Waals surface area contributed by atoms with E-state index in [1.54, 1.807) is 6.07 Å². The maximum absolute atomic E-state index is 14.7. The number of anilines is 1. The number of hydrogen-bond donors (Lipinski definition) is 2. The van der Waals surface area contributed by atoms with E-state index < -0.39 is 22.2 Å². The van der Waals surface area contributed by atoms with E-state index in [-0.39, 0.29) is 33.5 Å². The molecule has 2 N–H and O–H groups in total. The van der Waals surface area contributed by atoms with E-state index in [4.69, 9.17) is 0 Å². The Morgan fingerprint density at radius 3 is 2.69 bits per heavy atom. The van der Waals surface area contributed by atoms with Crippen molar-refractivity contribution in [2.75, 3.05) is 11.1 Å². The lowest BCUT2D eigenvalue weighted by atomic mass is 10.2. The maximum Gasteiger partial charge on any atom is 0.283 e. The summed E-state index contributed by atoms with van der Waals surface area (Å²) in [5.74, 6) is -1.25. The van der Waals surface area contributed by atoms with Crippen molar-refractivity contribution < 1.29 is 14.1 Å². The number of nitrogens with one attached hydrogen (secondary N) is 2. The lowest BCUT2D eigenvalue weighted by molar-refractivity contribution is -0.384. The molecule has 0 saturated heterocycles. The zero-order valence-corrected chi connectivity index (χ0v) is 18.7. The topological polar surface area (TPSA) is 123 Å². The van der Waals surface area contributed by atoms with Crippen LogP contribution in [0.15, 0.2) is 82.7 Å². The summed E-state index contributed by atoms with van der Waals surface area (Å²) in [4.78, 5) is 44.1. The maximum atomic E-state index is 14.7. The smallest absolute Gasteiger partial charge is 0.283 e. The number of rotatable bonds is 6. The molecule has 0 aliphatic carbocycles. The Morgan fingerprint density at radius 1 is 1.11 bits per heavy atom. The van der Waals surface area contributed by atoms with Gasteiger partial charge in [0.25, 0.3) is 11.2 Å². The predicted molar refractivity (Wildman–Crippen MR) is 132 cm³/mol. The molecule has 0 fully saturated rings. The lowest BCUT2D eigenvalue weighted by Gasteiger charge is -2.13. The molecule has 0 radical (unpaired) electrons. The highest BCUT2D eigenvalue weighted by molar-refractivity contribution is 7.99. The molecule has 5 aromatic rings. The van der Waals surface area contributed by atoms with Crippen LogP contribution in [0, 0.1) is 15.9 Å². The van der Waals surface area contributed by atoms with Crippen molar-refractivity contribution in [2.24, 2.45) is 0 Å². The molecule has 0 aliphatic heterocycles. The van der Waals surface area contributed by atoms with Crippen LogP contribution in [0.4, 0.5) is 15.8 Å². The zero-order valence-electron chi connectivity index (χ0n) is 17.9. The summed E-state index contributed by atoms with van der Waals surface area (Å²) in [6.45, 7) is 0. The van der Waals surface area contributed by atoms with Gasteiger partial charge in [-0.05, 0) is 24.3 Å². The Labute approximate surface area is 200 Å². The van der Waals surface area contributed by atoms with Crippen molar-refractivity contribution in [2.45, 2.75) is 5.16 Å². The van der Waals surface area contributed by atoms with Gasteiger partial charge in [-0.25, -0.2) is 9.37 Å². The molecule has 35 heavy (non-hydrogen) atoms. The van der Waals surface area contributed by atoms with Crippen LogP contribution in [0.25, 0.3) is 27.6 Å². The molecule has 2 aromatic heterocycles. The molecule has 9 nitrogen and oxygen atoms in total. The van der Waals surface area contributed by atoms with E-state index in [0.29, 0.717) is 11.0 Å². The van der Waals surface area contributed by atoms with Gasteiger partial charge in [-0.15, -0.1) is 0 Å². The number of benzene rings is 3. The van der Waals surface area contributed by atoms with Gasteiger partial charge in [0.15, 0.2) is 5.16 Å². The first-order valence-electron chi connectivity index (χ1n) is 10.4. The number of nitro benzene ring substituents is 1. The van der Waals surface area contributed by atoms with E-state index in [1.807, 2.05) is 24.3 Å². The van der Waals surface area contributed by atoms with E-state index >= 15 is 0 Å². The molecular weight excluding hydrogens is 473 g/mol. The third kappa shape index (κ3) is 4.24. The summed E-state index contributed by atoms with van der Waals surface area (Å²) in [5, 5.41) is 14.4. The van der Waals surface area contributed by atoms with Crippen LogP contribution in [-0.4, -0.2) is 31.1 Å². The molecular formula is C24H16FN5O4S. The summed E-state index contributed by atoms with van der Waals surface area (Å²) in [6, 6.07) is 18.6. The van der Waals surface area contributed by atoms with E-state index in [0.717, 1.165) is 21.7 Å². The monoisotopic (exact) mass is 489 g/mol. The van der Waals surface area contributed by atoms with Crippen LogP contribution in [0.1, 0.15) is 0 Å². The lowest BCUT2D eigenvalue weighted by Crippen LogP contribution is -2.23. The van der Waals surface area contributed by atoms with Gasteiger partial charge in [0.2, 0.25) is 5.91 Å². The first kappa shape index (κ1) is 22.3. The van der Waals surface area contributed by atoms with Crippen molar-refractivity contribution in [3.05, 3.63) is 99.1 Å². The van der Waals surface area contributed by atoms with Crippen LogP contribution >= 0.6 is 11.8 Å². The average molecular weight is 489 g/mol. The number of hydrogen-bond acceptors (Lipinski definition) is 6. The molecule has 0 atom stereocenters. The molecule has 0 aliphatic rings. The minimum absolute atomic E-state index is 0.00662. The number of para-hydroxylation sites is 2. The highest BCUT2D eigenvalue weighted by Crippen LogP contribution is 2.27. The van der Waals surface area contributed by atoms with Gasteiger partial charge >= 0.3 is 0 Å². The fourth-order valence-electron chi connectivity index (χ4n) is 3.71. The number of carbonyl (C=O) groups excluding carboxylic acids is 1. The van der Waals surface area contributed by atoms with Gasteiger partial charge in [0.1, 0.15) is 16.9 Å². The Hall–Kier alpha value is -4.51.